The fraction of sp³-hybridized carbons (Fsp3) is 0.412. The van der Waals surface area contributed by atoms with E-state index in [4.69, 9.17) is 4.74 Å². The van der Waals surface area contributed by atoms with Crippen molar-refractivity contribution in [1.82, 2.24) is 15.5 Å². The summed E-state index contributed by atoms with van der Waals surface area (Å²) in [5.74, 6) is 0.544. The van der Waals surface area contributed by atoms with Crippen molar-refractivity contribution in [2.45, 2.75) is 25.8 Å². The number of benzene rings is 1. The van der Waals surface area contributed by atoms with Crippen LogP contribution in [-0.2, 0) is 11.2 Å². The van der Waals surface area contributed by atoms with Crippen LogP contribution in [0, 0.1) is 0 Å². The molecule has 1 aromatic carbocycles. The summed E-state index contributed by atoms with van der Waals surface area (Å²) in [6.45, 7) is 1.97. The molecule has 2 rings (SSSR count). The average molecular weight is 395 g/mol. The zero-order chi connectivity index (χ0) is 18.9. The lowest BCUT2D eigenvalue weighted by Crippen LogP contribution is -2.44. The molecule has 0 radical (unpaired) electrons. The van der Waals surface area contributed by atoms with Gasteiger partial charge in [0.1, 0.15) is 16.8 Å². The lowest BCUT2D eigenvalue weighted by Gasteiger charge is -2.18. The Morgan fingerprint density at radius 1 is 1.31 bits per heavy atom. The number of ether oxygens (including phenoxy) is 1. The number of hydrogen-bond donors (Lipinski definition) is 2. The molecule has 2 N–H and O–H groups in total. The molecule has 1 aromatic heterocycles. The van der Waals surface area contributed by atoms with E-state index in [1.165, 1.54) is 18.4 Å². The van der Waals surface area contributed by atoms with E-state index in [0.717, 1.165) is 17.2 Å². The van der Waals surface area contributed by atoms with Crippen LogP contribution >= 0.6 is 23.1 Å². The SMILES string of the molecule is CCc1nnc(NC(=O)C(CCSC)NC(=O)c2ccccc2OC)s1. The zero-order valence-corrected chi connectivity index (χ0v) is 16.6. The minimum absolute atomic E-state index is 0.305. The molecule has 140 valence electrons. The average Bonchev–Trinajstić information content (AvgIpc) is 3.12. The second-order valence-corrected chi connectivity index (χ2v) is 7.40. The monoisotopic (exact) mass is 394 g/mol. The van der Waals surface area contributed by atoms with E-state index in [0.29, 0.717) is 22.9 Å². The Morgan fingerprint density at radius 3 is 2.73 bits per heavy atom. The number of hydrogen-bond acceptors (Lipinski definition) is 7. The maximum Gasteiger partial charge on any atom is 0.255 e. The van der Waals surface area contributed by atoms with Gasteiger partial charge in [-0.25, -0.2) is 0 Å². The number of methoxy groups -OCH3 is 1. The summed E-state index contributed by atoms with van der Waals surface area (Å²) in [5.41, 5.74) is 0.390. The van der Waals surface area contributed by atoms with Crippen molar-refractivity contribution in [2.24, 2.45) is 0 Å². The van der Waals surface area contributed by atoms with Gasteiger partial charge in [-0.3, -0.25) is 14.9 Å². The molecule has 26 heavy (non-hydrogen) atoms. The molecule has 0 spiro atoms. The Hall–Kier alpha value is -2.13. The minimum atomic E-state index is -0.672. The molecule has 0 fully saturated rings. The highest BCUT2D eigenvalue weighted by atomic mass is 32.2. The molecule has 1 unspecified atom stereocenters. The first-order chi connectivity index (χ1) is 12.6. The summed E-state index contributed by atoms with van der Waals surface area (Å²) in [6, 6.07) is 6.24. The number of anilines is 1. The molecule has 1 atom stereocenters. The van der Waals surface area contributed by atoms with Crippen molar-refractivity contribution < 1.29 is 14.3 Å². The highest BCUT2D eigenvalue weighted by Gasteiger charge is 2.23. The van der Waals surface area contributed by atoms with E-state index < -0.39 is 6.04 Å². The lowest BCUT2D eigenvalue weighted by atomic mass is 10.1. The molecule has 1 heterocycles. The molecule has 9 heteroatoms. The van der Waals surface area contributed by atoms with Crippen LogP contribution < -0.4 is 15.4 Å². The fourth-order valence-electron chi connectivity index (χ4n) is 2.21. The van der Waals surface area contributed by atoms with Crippen LogP contribution in [0.15, 0.2) is 24.3 Å². The van der Waals surface area contributed by atoms with Gasteiger partial charge < -0.3 is 10.1 Å². The van der Waals surface area contributed by atoms with Gasteiger partial charge in [0, 0.05) is 0 Å². The lowest BCUT2D eigenvalue weighted by molar-refractivity contribution is -0.118. The fourth-order valence-corrected chi connectivity index (χ4v) is 3.37. The van der Waals surface area contributed by atoms with Crippen molar-refractivity contribution in [3.63, 3.8) is 0 Å². The zero-order valence-electron chi connectivity index (χ0n) is 14.9. The maximum atomic E-state index is 12.6. The van der Waals surface area contributed by atoms with Crippen LogP contribution in [0.3, 0.4) is 0 Å². The maximum absolute atomic E-state index is 12.6. The Morgan fingerprint density at radius 2 is 2.08 bits per heavy atom. The number of para-hydroxylation sites is 1. The Balaban J connectivity index is 2.10. The highest BCUT2D eigenvalue weighted by Crippen LogP contribution is 2.19. The van der Waals surface area contributed by atoms with E-state index in [2.05, 4.69) is 20.8 Å². The van der Waals surface area contributed by atoms with Crippen molar-refractivity contribution >= 4 is 40.0 Å². The van der Waals surface area contributed by atoms with Crippen molar-refractivity contribution in [3.05, 3.63) is 34.8 Å². The van der Waals surface area contributed by atoms with Gasteiger partial charge in [-0.05, 0) is 37.0 Å². The number of nitrogens with zero attached hydrogens (tertiary/aromatic N) is 2. The first-order valence-corrected chi connectivity index (χ1v) is 10.4. The van der Waals surface area contributed by atoms with E-state index in [-0.39, 0.29) is 11.8 Å². The van der Waals surface area contributed by atoms with Gasteiger partial charge in [-0.15, -0.1) is 10.2 Å². The third kappa shape index (κ3) is 5.43. The number of carbonyl (C=O) groups excluding carboxylic acids is 2. The predicted octanol–water partition coefficient (Wildman–Crippen LogP) is 2.60. The van der Waals surface area contributed by atoms with Crippen LogP contribution in [-0.4, -0.2) is 47.2 Å². The third-order valence-electron chi connectivity index (χ3n) is 3.58. The molecule has 0 aliphatic heterocycles. The number of aromatic nitrogens is 2. The van der Waals surface area contributed by atoms with Gasteiger partial charge in [-0.2, -0.15) is 11.8 Å². The van der Waals surface area contributed by atoms with Gasteiger partial charge in [0.25, 0.3) is 5.91 Å². The number of rotatable bonds is 9. The van der Waals surface area contributed by atoms with E-state index in [9.17, 15) is 9.59 Å². The quantitative estimate of drug-likeness (QED) is 0.679. The number of nitrogens with one attached hydrogen (secondary N) is 2. The van der Waals surface area contributed by atoms with E-state index in [1.807, 2.05) is 13.2 Å². The summed E-state index contributed by atoms with van der Waals surface area (Å²) < 4.78 is 5.22. The van der Waals surface area contributed by atoms with E-state index in [1.54, 1.807) is 36.0 Å². The van der Waals surface area contributed by atoms with Crippen LogP contribution in [0.4, 0.5) is 5.13 Å². The minimum Gasteiger partial charge on any atom is -0.496 e. The Kier molecular flexibility index (Phi) is 7.86. The summed E-state index contributed by atoms with van der Waals surface area (Å²) >= 11 is 2.94. The molecular weight excluding hydrogens is 372 g/mol. The smallest absolute Gasteiger partial charge is 0.255 e. The first kappa shape index (κ1) is 20.2. The number of amides is 2. The third-order valence-corrected chi connectivity index (χ3v) is 5.21. The second-order valence-electron chi connectivity index (χ2n) is 5.35. The molecular formula is C17H22N4O3S2. The summed E-state index contributed by atoms with van der Waals surface area (Å²) in [4.78, 5) is 25.2. The van der Waals surface area contributed by atoms with Gasteiger partial charge in [0.05, 0.1) is 12.7 Å². The van der Waals surface area contributed by atoms with Gasteiger partial charge in [0.2, 0.25) is 11.0 Å². The topological polar surface area (TPSA) is 93.2 Å². The second kappa shape index (κ2) is 10.1. The molecule has 0 aliphatic carbocycles. The standard InChI is InChI=1S/C17H22N4O3S2/c1-4-14-20-21-17(26-14)19-16(23)12(9-10-25-3)18-15(22)11-7-5-6-8-13(11)24-2/h5-8,12H,4,9-10H2,1-3H3,(H,18,22)(H,19,21,23). The van der Waals surface area contributed by atoms with Crippen LogP contribution in [0.5, 0.6) is 5.75 Å². The first-order valence-electron chi connectivity index (χ1n) is 8.15. The Labute approximate surface area is 160 Å². The molecule has 0 bridgehead atoms. The van der Waals surface area contributed by atoms with Crippen LogP contribution in [0.2, 0.25) is 0 Å². The van der Waals surface area contributed by atoms with Gasteiger partial charge >= 0.3 is 0 Å². The van der Waals surface area contributed by atoms with Crippen LogP contribution in [0.25, 0.3) is 0 Å². The largest absolute Gasteiger partial charge is 0.496 e. The number of thioether (sulfide) groups is 1. The highest BCUT2D eigenvalue weighted by molar-refractivity contribution is 7.98. The Bertz CT molecular complexity index is 751. The normalized spacial score (nSPS) is 11.7. The van der Waals surface area contributed by atoms with Gasteiger partial charge in [0.15, 0.2) is 0 Å². The van der Waals surface area contributed by atoms with Crippen LogP contribution in [0.1, 0.15) is 28.7 Å². The molecule has 7 nitrogen and oxygen atoms in total. The van der Waals surface area contributed by atoms with Crippen molar-refractivity contribution in [2.75, 3.05) is 24.4 Å². The van der Waals surface area contributed by atoms with Gasteiger partial charge in [-0.1, -0.05) is 30.4 Å². The van der Waals surface area contributed by atoms with E-state index >= 15 is 0 Å². The molecule has 0 aliphatic rings. The molecule has 2 aromatic rings. The summed E-state index contributed by atoms with van der Waals surface area (Å²) in [6.07, 6.45) is 3.22. The predicted molar refractivity (Wildman–Crippen MR) is 105 cm³/mol. The number of carbonyl (C=O) groups is 2. The summed E-state index contributed by atoms with van der Waals surface area (Å²) in [5, 5.41) is 14.8. The molecule has 0 saturated heterocycles. The van der Waals surface area contributed by atoms with Crippen molar-refractivity contribution in [1.29, 1.82) is 0 Å². The van der Waals surface area contributed by atoms with Crippen molar-refractivity contribution in [3.8, 4) is 5.75 Å². The molecule has 2 amide bonds. The molecule has 0 saturated carbocycles. The number of aryl methyl sites for hydroxylation is 1. The summed E-state index contributed by atoms with van der Waals surface area (Å²) in [7, 11) is 1.50.